The van der Waals surface area contributed by atoms with Crippen LogP contribution in [0.5, 0.6) is 5.75 Å². The Hall–Kier alpha value is -2.54. The first kappa shape index (κ1) is 12.5. The summed E-state index contributed by atoms with van der Waals surface area (Å²) in [6.07, 6.45) is 1.36. The Morgan fingerprint density at radius 2 is 1.80 bits per heavy atom. The third-order valence-corrected chi connectivity index (χ3v) is 4.20. The third-order valence-electron chi connectivity index (χ3n) is 2.91. The van der Waals surface area contributed by atoms with Crippen LogP contribution in [0.15, 0.2) is 53.7 Å². The molecular weight excluding hydrogens is 278 g/mol. The molecule has 0 bridgehead atoms. The zero-order valence-corrected chi connectivity index (χ0v) is 11.1. The van der Waals surface area contributed by atoms with E-state index in [-0.39, 0.29) is 10.8 Å². The monoisotopic (exact) mass is 289 g/mol. The van der Waals surface area contributed by atoms with Gasteiger partial charge in [0, 0.05) is 10.8 Å². The summed E-state index contributed by atoms with van der Waals surface area (Å²) in [6, 6.07) is 11.3. The van der Waals surface area contributed by atoms with E-state index in [1.165, 1.54) is 12.3 Å². The molecule has 1 aromatic heterocycles. The van der Waals surface area contributed by atoms with Gasteiger partial charge in [-0.3, -0.25) is 9.82 Å². The summed E-state index contributed by atoms with van der Waals surface area (Å²) in [4.78, 5) is 0. The summed E-state index contributed by atoms with van der Waals surface area (Å²) in [5.41, 5.74) is 0.396. The van der Waals surface area contributed by atoms with E-state index in [2.05, 4.69) is 14.9 Å². The lowest BCUT2D eigenvalue weighted by molar-refractivity contribution is 0.481. The number of hydrogen-bond donors (Lipinski definition) is 3. The van der Waals surface area contributed by atoms with Crippen molar-refractivity contribution in [3.63, 3.8) is 0 Å². The molecule has 3 N–H and O–H groups in total. The van der Waals surface area contributed by atoms with Crippen LogP contribution >= 0.6 is 0 Å². The molecule has 0 aliphatic rings. The average Bonchev–Trinajstić information content (AvgIpc) is 2.94. The average molecular weight is 289 g/mol. The predicted octanol–water partition coefficient (Wildman–Crippen LogP) is 2.07. The first-order chi connectivity index (χ1) is 9.58. The Bertz CT molecular complexity index is 858. The van der Waals surface area contributed by atoms with Crippen molar-refractivity contribution in [2.45, 2.75) is 5.03 Å². The Morgan fingerprint density at radius 1 is 1.05 bits per heavy atom. The van der Waals surface area contributed by atoms with Gasteiger partial charge in [0.15, 0.2) is 5.03 Å². The van der Waals surface area contributed by atoms with Gasteiger partial charge in [0.1, 0.15) is 5.75 Å². The number of aromatic hydroxyl groups is 1. The number of benzene rings is 2. The minimum Gasteiger partial charge on any atom is -0.507 e. The molecule has 3 aromatic rings. The molecule has 0 saturated carbocycles. The van der Waals surface area contributed by atoms with Crippen molar-refractivity contribution in [1.82, 2.24) is 10.2 Å². The fourth-order valence-corrected chi connectivity index (χ4v) is 2.97. The fraction of sp³-hybridized carbons (Fsp3) is 0. The molecule has 0 saturated heterocycles. The molecule has 0 unspecified atom stereocenters. The van der Waals surface area contributed by atoms with Crippen LogP contribution < -0.4 is 4.72 Å². The number of sulfonamides is 1. The van der Waals surface area contributed by atoms with E-state index >= 15 is 0 Å². The maximum absolute atomic E-state index is 12.1. The molecule has 0 aliphatic carbocycles. The third kappa shape index (κ3) is 2.08. The minimum atomic E-state index is -3.72. The van der Waals surface area contributed by atoms with Gasteiger partial charge in [0.05, 0.1) is 11.9 Å². The van der Waals surface area contributed by atoms with Gasteiger partial charge >= 0.3 is 0 Å². The molecule has 1 heterocycles. The van der Waals surface area contributed by atoms with E-state index in [1.807, 2.05) is 0 Å². The lowest BCUT2D eigenvalue weighted by Crippen LogP contribution is -2.13. The SMILES string of the molecule is O=S(=O)(Nc1cccc2c(O)cccc12)c1ccn[nH]1. The van der Waals surface area contributed by atoms with Crippen molar-refractivity contribution in [3.05, 3.63) is 48.7 Å². The van der Waals surface area contributed by atoms with Gasteiger partial charge in [-0.2, -0.15) is 13.5 Å². The van der Waals surface area contributed by atoms with E-state index in [0.29, 0.717) is 16.5 Å². The highest BCUT2D eigenvalue weighted by Crippen LogP contribution is 2.30. The van der Waals surface area contributed by atoms with Crippen molar-refractivity contribution >= 4 is 26.5 Å². The van der Waals surface area contributed by atoms with Crippen LogP contribution in [0.25, 0.3) is 10.8 Å². The molecule has 102 valence electrons. The number of anilines is 1. The second-order valence-electron chi connectivity index (χ2n) is 4.20. The fourth-order valence-electron chi connectivity index (χ4n) is 1.97. The van der Waals surface area contributed by atoms with Crippen LogP contribution in [0, 0.1) is 0 Å². The van der Waals surface area contributed by atoms with Gasteiger partial charge < -0.3 is 5.11 Å². The quantitative estimate of drug-likeness (QED) is 0.688. The number of hydrogen-bond acceptors (Lipinski definition) is 4. The normalized spacial score (nSPS) is 11.6. The van der Waals surface area contributed by atoms with Crippen LogP contribution in [0.4, 0.5) is 5.69 Å². The lowest BCUT2D eigenvalue weighted by atomic mass is 10.1. The van der Waals surface area contributed by atoms with E-state index in [1.54, 1.807) is 36.4 Å². The number of nitrogens with one attached hydrogen (secondary N) is 2. The molecule has 0 aliphatic heterocycles. The molecular formula is C13H11N3O3S. The summed E-state index contributed by atoms with van der Waals surface area (Å²) in [5, 5.41) is 17.0. The van der Waals surface area contributed by atoms with Crippen molar-refractivity contribution < 1.29 is 13.5 Å². The standard InChI is InChI=1S/C13H11N3O3S/c17-12-6-2-3-9-10(12)4-1-5-11(9)16-20(18,19)13-7-8-14-15-13/h1-8,16-17H,(H,14,15). The van der Waals surface area contributed by atoms with Crippen LogP contribution in [0.3, 0.4) is 0 Å². The highest BCUT2D eigenvalue weighted by molar-refractivity contribution is 7.92. The number of phenols is 1. The molecule has 20 heavy (non-hydrogen) atoms. The van der Waals surface area contributed by atoms with Gasteiger partial charge in [-0.15, -0.1) is 0 Å². The van der Waals surface area contributed by atoms with E-state index < -0.39 is 10.0 Å². The summed E-state index contributed by atoms with van der Waals surface area (Å²) in [5.74, 6) is 0.102. The first-order valence-electron chi connectivity index (χ1n) is 5.81. The summed E-state index contributed by atoms with van der Waals surface area (Å²) >= 11 is 0. The topological polar surface area (TPSA) is 95.1 Å². The summed E-state index contributed by atoms with van der Waals surface area (Å²) in [6.45, 7) is 0. The van der Waals surface area contributed by atoms with Crippen LogP contribution in [0.1, 0.15) is 0 Å². The number of aromatic nitrogens is 2. The molecule has 2 aromatic carbocycles. The summed E-state index contributed by atoms with van der Waals surface area (Å²) in [7, 11) is -3.72. The van der Waals surface area contributed by atoms with E-state index in [0.717, 1.165) is 0 Å². The predicted molar refractivity (Wildman–Crippen MR) is 75.0 cm³/mol. The Morgan fingerprint density at radius 3 is 2.55 bits per heavy atom. The molecule has 0 atom stereocenters. The zero-order chi connectivity index (χ0) is 14.2. The Labute approximate surface area is 115 Å². The number of aromatic amines is 1. The number of fused-ring (bicyclic) bond motifs is 1. The van der Waals surface area contributed by atoms with Crippen LogP contribution in [-0.4, -0.2) is 23.7 Å². The van der Waals surface area contributed by atoms with Gasteiger partial charge in [0.2, 0.25) is 0 Å². The molecule has 6 nitrogen and oxygen atoms in total. The van der Waals surface area contributed by atoms with E-state index in [9.17, 15) is 13.5 Å². The Balaban J connectivity index is 2.11. The van der Waals surface area contributed by atoms with Crippen LogP contribution in [-0.2, 0) is 10.0 Å². The molecule has 3 rings (SSSR count). The van der Waals surface area contributed by atoms with Crippen molar-refractivity contribution in [2.24, 2.45) is 0 Å². The molecule has 0 amide bonds. The van der Waals surface area contributed by atoms with E-state index in [4.69, 9.17) is 0 Å². The Kier molecular flexibility index (Phi) is 2.83. The van der Waals surface area contributed by atoms with Crippen LogP contribution in [0.2, 0.25) is 0 Å². The minimum absolute atomic E-state index is 0.0188. The zero-order valence-electron chi connectivity index (χ0n) is 10.2. The largest absolute Gasteiger partial charge is 0.507 e. The maximum atomic E-state index is 12.1. The second-order valence-corrected chi connectivity index (χ2v) is 5.86. The first-order valence-corrected chi connectivity index (χ1v) is 7.29. The lowest BCUT2D eigenvalue weighted by Gasteiger charge is -2.10. The molecule has 0 radical (unpaired) electrons. The van der Waals surface area contributed by atoms with Gasteiger partial charge in [-0.1, -0.05) is 24.3 Å². The molecule has 7 heteroatoms. The van der Waals surface area contributed by atoms with Gasteiger partial charge in [-0.25, -0.2) is 0 Å². The van der Waals surface area contributed by atoms with Gasteiger partial charge in [-0.05, 0) is 18.2 Å². The highest BCUT2D eigenvalue weighted by Gasteiger charge is 2.17. The maximum Gasteiger partial charge on any atom is 0.278 e. The van der Waals surface area contributed by atoms with Crippen molar-refractivity contribution in [2.75, 3.05) is 4.72 Å². The molecule has 0 spiro atoms. The number of phenolic OH excluding ortho intramolecular Hbond substituents is 1. The number of nitrogens with zero attached hydrogens (tertiary/aromatic N) is 1. The second kappa shape index (κ2) is 4.53. The van der Waals surface area contributed by atoms with Crippen molar-refractivity contribution in [3.8, 4) is 5.75 Å². The smallest absolute Gasteiger partial charge is 0.278 e. The highest BCUT2D eigenvalue weighted by atomic mass is 32.2. The molecule has 0 fully saturated rings. The van der Waals surface area contributed by atoms with Gasteiger partial charge in [0.25, 0.3) is 10.0 Å². The number of H-pyrrole nitrogens is 1. The number of rotatable bonds is 3. The van der Waals surface area contributed by atoms with Crippen molar-refractivity contribution in [1.29, 1.82) is 0 Å². The summed E-state index contributed by atoms with van der Waals surface area (Å²) < 4.78 is 26.8.